The SMILES string of the molecule is CC(C)(CO)CN(CC(C)(C)CO)C(N)=O. The fraction of sp³-hybridized carbons (Fsp3) is 0.909. The Bertz CT molecular complexity index is 221. The van der Waals surface area contributed by atoms with Crippen LogP contribution in [0.1, 0.15) is 27.7 Å². The van der Waals surface area contributed by atoms with Crippen molar-refractivity contribution in [1.29, 1.82) is 0 Å². The van der Waals surface area contributed by atoms with Crippen molar-refractivity contribution in [2.24, 2.45) is 16.6 Å². The molecular weight excluding hydrogens is 208 g/mol. The van der Waals surface area contributed by atoms with E-state index in [0.29, 0.717) is 13.1 Å². The van der Waals surface area contributed by atoms with Gasteiger partial charge in [-0.1, -0.05) is 27.7 Å². The number of nitrogens with zero attached hydrogens (tertiary/aromatic N) is 1. The van der Waals surface area contributed by atoms with Crippen molar-refractivity contribution in [3.05, 3.63) is 0 Å². The van der Waals surface area contributed by atoms with Gasteiger partial charge in [0.1, 0.15) is 0 Å². The molecule has 0 rings (SSSR count). The van der Waals surface area contributed by atoms with Crippen LogP contribution in [0.2, 0.25) is 0 Å². The molecule has 0 bridgehead atoms. The maximum atomic E-state index is 11.3. The van der Waals surface area contributed by atoms with Crippen LogP contribution in [0.4, 0.5) is 4.79 Å². The molecule has 96 valence electrons. The molecule has 0 aliphatic heterocycles. The molecule has 0 heterocycles. The number of urea groups is 1. The molecule has 5 nitrogen and oxygen atoms in total. The van der Waals surface area contributed by atoms with Gasteiger partial charge in [-0.05, 0) is 0 Å². The average Bonchev–Trinajstić information content (AvgIpc) is 2.16. The van der Waals surface area contributed by atoms with Crippen LogP contribution >= 0.6 is 0 Å². The smallest absolute Gasteiger partial charge is 0.314 e. The Labute approximate surface area is 97.2 Å². The number of aliphatic hydroxyl groups is 2. The summed E-state index contributed by atoms with van der Waals surface area (Å²) in [5.41, 5.74) is 4.51. The normalized spacial score (nSPS) is 12.6. The Morgan fingerprint density at radius 2 is 1.38 bits per heavy atom. The fourth-order valence-corrected chi connectivity index (χ4v) is 1.35. The van der Waals surface area contributed by atoms with Gasteiger partial charge in [-0.15, -0.1) is 0 Å². The summed E-state index contributed by atoms with van der Waals surface area (Å²) in [6.45, 7) is 8.14. The third-order valence-electron chi connectivity index (χ3n) is 2.41. The first kappa shape index (κ1) is 15.2. The van der Waals surface area contributed by atoms with E-state index in [-0.39, 0.29) is 24.0 Å². The number of carbonyl (C=O) groups is 1. The van der Waals surface area contributed by atoms with Crippen LogP contribution in [0.15, 0.2) is 0 Å². The molecule has 0 aliphatic rings. The summed E-state index contributed by atoms with van der Waals surface area (Å²) in [6, 6.07) is -0.525. The lowest BCUT2D eigenvalue weighted by Gasteiger charge is -2.35. The van der Waals surface area contributed by atoms with Gasteiger partial charge in [-0.25, -0.2) is 4.79 Å². The Kier molecular flexibility index (Phi) is 5.22. The van der Waals surface area contributed by atoms with Gasteiger partial charge in [-0.3, -0.25) is 0 Å². The van der Waals surface area contributed by atoms with Crippen LogP contribution in [0.25, 0.3) is 0 Å². The van der Waals surface area contributed by atoms with Crippen molar-refractivity contribution in [2.45, 2.75) is 27.7 Å². The van der Waals surface area contributed by atoms with Crippen molar-refractivity contribution in [2.75, 3.05) is 26.3 Å². The molecule has 0 aromatic rings. The van der Waals surface area contributed by atoms with Crippen molar-refractivity contribution < 1.29 is 15.0 Å². The quantitative estimate of drug-likeness (QED) is 0.619. The standard InChI is InChI=1S/C11H24N2O3/c1-10(2,7-14)5-13(9(12)16)6-11(3,4)8-15/h14-15H,5-8H2,1-4H3,(H2,12,16). The number of hydrogen-bond acceptors (Lipinski definition) is 3. The van der Waals surface area contributed by atoms with E-state index in [2.05, 4.69) is 0 Å². The molecule has 0 unspecified atom stereocenters. The van der Waals surface area contributed by atoms with E-state index in [1.165, 1.54) is 4.90 Å². The lowest BCUT2D eigenvalue weighted by molar-refractivity contribution is 0.0760. The molecule has 16 heavy (non-hydrogen) atoms. The number of aliphatic hydroxyl groups excluding tert-OH is 2. The molecule has 0 radical (unpaired) electrons. The van der Waals surface area contributed by atoms with Gasteiger partial charge in [0, 0.05) is 37.1 Å². The van der Waals surface area contributed by atoms with Gasteiger partial charge in [-0.2, -0.15) is 0 Å². The minimum Gasteiger partial charge on any atom is -0.396 e. The number of nitrogens with two attached hydrogens (primary N) is 1. The predicted octanol–water partition coefficient (Wildman–Crippen LogP) is 0.404. The van der Waals surface area contributed by atoms with Gasteiger partial charge in [0.2, 0.25) is 0 Å². The molecule has 0 fully saturated rings. The zero-order valence-electron chi connectivity index (χ0n) is 10.7. The van der Waals surface area contributed by atoms with E-state index in [1.807, 2.05) is 27.7 Å². The van der Waals surface area contributed by atoms with E-state index < -0.39 is 6.03 Å². The van der Waals surface area contributed by atoms with E-state index in [9.17, 15) is 4.79 Å². The maximum Gasteiger partial charge on any atom is 0.314 e. The van der Waals surface area contributed by atoms with Crippen molar-refractivity contribution >= 4 is 6.03 Å². The first-order valence-electron chi connectivity index (χ1n) is 5.40. The summed E-state index contributed by atoms with van der Waals surface area (Å²) in [5, 5.41) is 18.3. The van der Waals surface area contributed by atoms with Crippen LogP contribution in [-0.2, 0) is 0 Å². The zero-order valence-corrected chi connectivity index (χ0v) is 10.7. The molecule has 0 saturated carbocycles. The third-order valence-corrected chi connectivity index (χ3v) is 2.41. The lowest BCUT2D eigenvalue weighted by atomic mass is 9.90. The molecule has 0 aliphatic carbocycles. The largest absolute Gasteiger partial charge is 0.396 e. The Hall–Kier alpha value is -0.810. The number of hydrogen-bond donors (Lipinski definition) is 3. The summed E-state index contributed by atoms with van der Waals surface area (Å²) < 4.78 is 0. The number of primary amides is 1. The number of rotatable bonds is 6. The summed E-state index contributed by atoms with van der Waals surface area (Å²) in [5.74, 6) is 0. The summed E-state index contributed by atoms with van der Waals surface area (Å²) in [4.78, 5) is 12.7. The van der Waals surface area contributed by atoms with Crippen LogP contribution in [0.3, 0.4) is 0 Å². The van der Waals surface area contributed by atoms with Crippen LogP contribution in [0.5, 0.6) is 0 Å². The summed E-state index contributed by atoms with van der Waals surface area (Å²) >= 11 is 0. The first-order chi connectivity index (χ1) is 7.13. The minimum atomic E-state index is -0.525. The minimum absolute atomic E-state index is 0.0175. The number of carbonyl (C=O) groups excluding carboxylic acids is 1. The second-order valence-electron chi connectivity index (χ2n) is 5.84. The zero-order chi connectivity index (χ0) is 13.0. The first-order valence-corrected chi connectivity index (χ1v) is 5.40. The summed E-state index contributed by atoms with van der Waals surface area (Å²) in [7, 11) is 0. The van der Waals surface area contributed by atoms with Crippen LogP contribution in [-0.4, -0.2) is 47.4 Å². The van der Waals surface area contributed by atoms with Gasteiger partial charge in [0.15, 0.2) is 0 Å². The van der Waals surface area contributed by atoms with E-state index in [1.54, 1.807) is 0 Å². The Balaban J connectivity index is 4.59. The molecule has 0 spiro atoms. The predicted molar refractivity (Wildman–Crippen MR) is 62.9 cm³/mol. The second-order valence-corrected chi connectivity index (χ2v) is 5.84. The molecule has 2 amide bonds. The van der Waals surface area contributed by atoms with Gasteiger partial charge in [0.05, 0.1) is 0 Å². The molecular formula is C11H24N2O3. The third kappa shape index (κ3) is 5.32. The van der Waals surface area contributed by atoms with Gasteiger partial charge < -0.3 is 20.8 Å². The monoisotopic (exact) mass is 232 g/mol. The van der Waals surface area contributed by atoms with Gasteiger partial charge >= 0.3 is 6.03 Å². The van der Waals surface area contributed by atoms with E-state index >= 15 is 0 Å². The fourth-order valence-electron chi connectivity index (χ4n) is 1.35. The Morgan fingerprint density at radius 1 is 1.06 bits per heavy atom. The highest BCUT2D eigenvalue weighted by Gasteiger charge is 2.28. The highest BCUT2D eigenvalue weighted by atomic mass is 16.3. The van der Waals surface area contributed by atoms with Crippen molar-refractivity contribution in [3.63, 3.8) is 0 Å². The molecule has 0 atom stereocenters. The Morgan fingerprint density at radius 3 is 1.56 bits per heavy atom. The van der Waals surface area contributed by atoms with Crippen LogP contribution < -0.4 is 5.73 Å². The average molecular weight is 232 g/mol. The van der Waals surface area contributed by atoms with Gasteiger partial charge in [0.25, 0.3) is 0 Å². The van der Waals surface area contributed by atoms with E-state index in [4.69, 9.17) is 15.9 Å². The lowest BCUT2D eigenvalue weighted by Crippen LogP contribution is -2.48. The van der Waals surface area contributed by atoms with Crippen molar-refractivity contribution in [3.8, 4) is 0 Å². The molecule has 0 saturated heterocycles. The highest BCUT2D eigenvalue weighted by Crippen LogP contribution is 2.21. The maximum absolute atomic E-state index is 11.3. The second kappa shape index (κ2) is 5.50. The molecule has 5 heteroatoms. The van der Waals surface area contributed by atoms with E-state index in [0.717, 1.165) is 0 Å². The topological polar surface area (TPSA) is 86.8 Å². The number of amides is 2. The highest BCUT2D eigenvalue weighted by molar-refractivity contribution is 5.72. The molecule has 0 aromatic carbocycles. The molecule has 0 aromatic heterocycles. The summed E-state index contributed by atoms with van der Waals surface area (Å²) in [6.07, 6.45) is 0. The van der Waals surface area contributed by atoms with Crippen molar-refractivity contribution in [1.82, 2.24) is 4.90 Å². The molecule has 4 N–H and O–H groups in total. The van der Waals surface area contributed by atoms with Crippen LogP contribution in [0, 0.1) is 10.8 Å².